The predicted octanol–water partition coefficient (Wildman–Crippen LogP) is 4.01. The molecule has 2 atom stereocenters. The lowest BCUT2D eigenvalue weighted by molar-refractivity contribution is 0.0999. The maximum atomic E-state index is 14.5. The average molecular weight is 473 g/mol. The molecule has 1 saturated heterocycles. The third-order valence-corrected chi connectivity index (χ3v) is 7.38. The van der Waals surface area contributed by atoms with Crippen LogP contribution in [0.4, 0.5) is 10.1 Å². The molecule has 3 aliphatic heterocycles. The quantitative estimate of drug-likeness (QED) is 0.587. The molecule has 1 fully saturated rings. The van der Waals surface area contributed by atoms with Crippen LogP contribution in [-0.4, -0.2) is 57.3 Å². The van der Waals surface area contributed by atoms with Gasteiger partial charge in [-0.15, -0.1) is 0 Å². The normalized spacial score (nSPS) is 21.5. The lowest BCUT2D eigenvalue weighted by Gasteiger charge is -2.31. The molecule has 0 saturated carbocycles. The number of hydrogen-bond acceptors (Lipinski definition) is 6. The molecule has 0 aliphatic carbocycles. The van der Waals surface area contributed by atoms with E-state index in [2.05, 4.69) is 46.5 Å². The van der Waals surface area contributed by atoms with E-state index in [1.54, 1.807) is 6.33 Å². The Bertz CT molecular complexity index is 1290. The molecule has 2 unspecified atom stereocenters. The summed E-state index contributed by atoms with van der Waals surface area (Å²) >= 11 is 0. The second-order valence-corrected chi connectivity index (χ2v) is 9.68. The summed E-state index contributed by atoms with van der Waals surface area (Å²) in [6, 6.07) is 11.6. The lowest BCUT2D eigenvalue weighted by Crippen LogP contribution is -2.36. The van der Waals surface area contributed by atoms with Crippen LogP contribution in [0.15, 0.2) is 47.7 Å². The fourth-order valence-electron chi connectivity index (χ4n) is 5.52. The Balaban J connectivity index is 1.46. The molecular weight excluding hydrogens is 443 g/mol. The van der Waals surface area contributed by atoms with E-state index in [1.165, 1.54) is 37.2 Å². The Kier molecular flexibility index (Phi) is 5.68. The highest BCUT2D eigenvalue weighted by atomic mass is 19.1. The van der Waals surface area contributed by atoms with E-state index >= 15 is 0 Å². The topological polar surface area (TPSA) is 75.4 Å². The number of nitrogens with one attached hydrogen (secondary N) is 1. The molecule has 180 valence electrons. The zero-order chi connectivity index (χ0) is 23.9. The van der Waals surface area contributed by atoms with E-state index < -0.39 is 5.82 Å². The Hall–Kier alpha value is -3.39. The Labute approximate surface area is 204 Å². The van der Waals surface area contributed by atoms with Crippen LogP contribution >= 0.6 is 0 Å². The second kappa shape index (κ2) is 9.00. The van der Waals surface area contributed by atoms with Crippen molar-refractivity contribution in [2.45, 2.75) is 44.7 Å². The molecule has 0 radical (unpaired) electrons. The predicted molar refractivity (Wildman–Crippen MR) is 133 cm³/mol. The van der Waals surface area contributed by atoms with E-state index in [1.807, 2.05) is 4.68 Å². The van der Waals surface area contributed by atoms with Crippen molar-refractivity contribution in [1.29, 1.82) is 0 Å². The maximum Gasteiger partial charge on any atom is 0.185 e. The van der Waals surface area contributed by atoms with Gasteiger partial charge in [-0.1, -0.05) is 31.2 Å². The number of Topliss-reactive ketones (excluding diaryl/α,β-unsaturated/α-hetero) is 1. The van der Waals surface area contributed by atoms with Crippen LogP contribution in [0.5, 0.6) is 0 Å². The largest absolute Gasteiger partial charge is 0.384 e. The van der Waals surface area contributed by atoms with Crippen molar-refractivity contribution in [2.75, 3.05) is 31.5 Å². The highest BCUT2D eigenvalue weighted by Gasteiger charge is 2.40. The first kappa shape index (κ1) is 22.1. The van der Waals surface area contributed by atoms with Crippen molar-refractivity contribution in [3.8, 4) is 0 Å². The first-order chi connectivity index (χ1) is 17.1. The smallest absolute Gasteiger partial charge is 0.185 e. The van der Waals surface area contributed by atoms with Crippen LogP contribution in [0.3, 0.4) is 0 Å². The summed E-state index contributed by atoms with van der Waals surface area (Å²) in [5.74, 6) is 0.0354. The summed E-state index contributed by atoms with van der Waals surface area (Å²) in [7, 11) is 0. The fourth-order valence-corrected chi connectivity index (χ4v) is 5.52. The Morgan fingerprint density at radius 1 is 1.17 bits per heavy atom. The van der Waals surface area contributed by atoms with E-state index in [0.717, 1.165) is 36.6 Å². The van der Waals surface area contributed by atoms with Crippen molar-refractivity contribution in [3.05, 3.63) is 76.6 Å². The first-order valence-corrected chi connectivity index (χ1v) is 12.5. The van der Waals surface area contributed by atoms with Crippen molar-refractivity contribution in [2.24, 2.45) is 4.99 Å². The summed E-state index contributed by atoms with van der Waals surface area (Å²) in [4.78, 5) is 24.6. The number of ketones is 1. The van der Waals surface area contributed by atoms with Gasteiger partial charge >= 0.3 is 0 Å². The number of hydrogen-bond donors (Lipinski definition) is 1. The lowest BCUT2D eigenvalue weighted by atomic mass is 9.78. The number of carbonyl (C=O) groups excluding carboxylic acids is 1. The number of nitrogens with zero attached hydrogens (tertiary/aromatic N) is 5. The fraction of sp³-hybridized carbons (Fsp3) is 0.407. The molecule has 35 heavy (non-hydrogen) atoms. The number of aromatic nitrogens is 3. The molecule has 3 aromatic rings. The van der Waals surface area contributed by atoms with Crippen molar-refractivity contribution < 1.29 is 9.18 Å². The van der Waals surface area contributed by atoms with Crippen LogP contribution in [0.1, 0.15) is 64.5 Å². The van der Waals surface area contributed by atoms with Gasteiger partial charge in [0.1, 0.15) is 24.5 Å². The number of carbonyl (C=O) groups is 1. The summed E-state index contributed by atoms with van der Waals surface area (Å²) in [5, 5.41) is 7.94. The maximum absolute atomic E-state index is 14.5. The number of likely N-dealkylation sites (tertiary alicyclic amines) is 1. The zero-order valence-corrected chi connectivity index (χ0v) is 19.9. The number of aliphatic imine (C=N–C) groups is 1. The molecule has 0 amide bonds. The molecule has 1 N–H and O–H groups in total. The Morgan fingerprint density at radius 3 is 2.74 bits per heavy atom. The van der Waals surface area contributed by atoms with E-state index in [-0.39, 0.29) is 24.2 Å². The SMILES string of the molecule is CCCn1ncnc1C1C2=NCC(=O)c3cc(F)cc(c32)NCC1c1ccc(CN2CCC2)cc1. The Morgan fingerprint density at radius 2 is 2.00 bits per heavy atom. The summed E-state index contributed by atoms with van der Waals surface area (Å²) in [6.07, 6.45) is 3.80. The number of anilines is 1. The molecule has 0 spiro atoms. The number of rotatable bonds is 6. The van der Waals surface area contributed by atoms with Gasteiger partial charge in [0.15, 0.2) is 5.78 Å². The molecule has 2 aromatic carbocycles. The van der Waals surface area contributed by atoms with Gasteiger partial charge in [-0.25, -0.2) is 14.1 Å². The standard InChI is InChI=1S/C27H29FN6O/c1-2-8-34-27(31-16-32-34)25-21(18-6-4-17(5-7-18)15-33-9-3-10-33)13-29-22-12-19(28)11-20-23(35)14-30-26(25)24(20)22/h4-7,11-12,16,21,25,29H,2-3,8-10,13-15H2,1H3. The summed E-state index contributed by atoms with van der Waals surface area (Å²) < 4.78 is 16.4. The van der Waals surface area contributed by atoms with Gasteiger partial charge in [0.05, 0.1) is 11.6 Å². The van der Waals surface area contributed by atoms with Crippen LogP contribution in [0.25, 0.3) is 0 Å². The molecule has 0 bridgehead atoms. The first-order valence-electron chi connectivity index (χ1n) is 12.5. The van der Waals surface area contributed by atoms with Crippen molar-refractivity contribution in [1.82, 2.24) is 19.7 Å². The third kappa shape index (κ3) is 3.95. The number of benzene rings is 2. The van der Waals surface area contributed by atoms with Gasteiger partial charge in [0, 0.05) is 42.4 Å². The number of halogens is 1. The summed E-state index contributed by atoms with van der Waals surface area (Å²) in [5.41, 5.74) is 4.98. The zero-order valence-electron chi connectivity index (χ0n) is 19.9. The van der Waals surface area contributed by atoms with Crippen molar-refractivity contribution >= 4 is 17.2 Å². The minimum Gasteiger partial charge on any atom is -0.384 e. The minimum absolute atomic E-state index is 0.0110. The second-order valence-electron chi connectivity index (χ2n) is 9.68. The van der Waals surface area contributed by atoms with Gasteiger partial charge in [-0.05, 0) is 49.2 Å². The van der Waals surface area contributed by atoms with Crippen LogP contribution in [-0.2, 0) is 13.1 Å². The van der Waals surface area contributed by atoms with Crippen LogP contribution in [0, 0.1) is 5.82 Å². The number of aryl methyl sites for hydroxylation is 1. The third-order valence-electron chi connectivity index (χ3n) is 7.38. The molecule has 3 aliphatic rings. The molecular formula is C27H29FN6O. The molecule has 6 rings (SSSR count). The molecule has 4 heterocycles. The van der Waals surface area contributed by atoms with E-state index in [9.17, 15) is 9.18 Å². The molecule has 8 heteroatoms. The highest BCUT2D eigenvalue weighted by Crippen LogP contribution is 2.42. The van der Waals surface area contributed by atoms with Gasteiger partial charge in [-0.3, -0.25) is 14.7 Å². The minimum atomic E-state index is -0.416. The highest BCUT2D eigenvalue weighted by molar-refractivity contribution is 6.20. The van der Waals surface area contributed by atoms with E-state index in [0.29, 0.717) is 23.4 Å². The summed E-state index contributed by atoms with van der Waals surface area (Å²) in [6.45, 7) is 6.75. The van der Waals surface area contributed by atoms with Crippen molar-refractivity contribution in [3.63, 3.8) is 0 Å². The monoisotopic (exact) mass is 472 g/mol. The van der Waals surface area contributed by atoms with Gasteiger partial charge in [0.25, 0.3) is 0 Å². The molecule has 7 nitrogen and oxygen atoms in total. The van der Waals surface area contributed by atoms with E-state index in [4.69, 9.17) is 9.98 Å². The van der Waals surface area contributed by atoms with Gasteiger partial charge in [0.2, 0.25) is 0 Å². The van der Waals surface area contributed by atoms with Crippen LogP contribution in [0.2, 0.25) is 0 Å². The van der Waals surface area contributed by atoms with Crippen LogP contribution < -0.4 is 5.32 Å². The molecule has 1 aromatic heterocycles. The van der Waals surface area contributed by atoms with Gasteiger partial charge in [-0.2, -0.15) is 5.10 Å². The average Bonchev–Trinajstić information content (AvgIpc) is 3.21. The van der Waals surface area contributed by atoms with Gasteiger partial charge < -0.3 is 5.32 Å².